The van der Waals surface area contributed by atoms with Crippen LogP contribution in [0.3, 0.4) is 0 Å². The maximum absolute atomic E-state index is 3.00. The molecule has 1 heteroatoms. The minimum absolute atomic E-state index is 0. The molecule has 0 fully saturated rings. The van der Waals surface area contributed by atoms with Crippen molar-refractivity contribution < 1.29 is 0 Å². The van der Waals surface area contributed by atoms with Crippen molar-refractivity contribution in [3.8, 4) is 0 Å². The van der Waals surface area contributed by atoms with Crippen LogP contribution >= 0.6 is 24.0 Å². The van der Waals surface area contributed by atoms with Gasteiger partial charge in [0.25, 0.3) is 0 Å². The molecule has 0 aromatic heterocycles. The van der Waals surface area contributed by atoms with E-state index in [0.717, 1.165) is 0 Å². The molecule has 0 saturated carbocycles. The lowest BCUT2D eigenvalue weighted by atomic mass is 9.99. The van der Waals surface area contributed by atoms with Gasteiger partial charge in [0.2, 0.25) is 0 Å². The second kappa shape index (κ2) is 9.56. The molecule has 0 spiro atoms. The summed E-state index contributed by atoms with van der Waals surface area (Å²) in [5.74, 6) is 0. The lowest BCUT2D eigenvalue weighted by Gasteiger charge is -2.05. The molecule has 0 aliphatic carbocycles. The molecule has 21 heavy (non-hydrogen) atoms. The van der Waals surface area contributed by atoms with Crippen molar-refractivity contribution in [1.29, 1.82) is 0 Å². The molecule has 3 aromatic rings. The Balaban J connectivity index is 0.000000741. The Kier molecular flexibility index (Phi) is 8.95. The first-order valence-electron chi connectivity index (χ1n) is 7.14. The third kappa shape index (κ3) is 4.57. The predicted molar refractivity (Wildman–Crippen MR) is 109 cm³/mol. The molecule has 0 aliphatic rings. The second-order valence-electron chi connectivity index (χ2n) is 4.50. The fraction of sp³-hybridized carbons (Fsp3) is 0.200. The van der Waals surface area contributed by atoms with E-state index >= 15 is 0 Å². The summed E-state index contributed by atoms with van der Waals surface area (Å²) in [6.07, 6.45) is 0. The van der Waals surface area contributed by atoms with Crippen LogP contribution in [0.25, 0.3) is 21.5 Å². The van der Waals surface area contributed by atoms with Gasteiger partial charge in [-0.3, -0.25) is 0 Å². The predicted octanol–water partition coefficient (Wildman–Crippen LogP) is 7.06. The van der Waals surface area contributed by atoms with Crippen LogP contribution in [0.4, 0.5) is 0 Å². The van der Waals surface area contributed by atoms with Gasteiger partial charge in [0.15, 0.2) is 0 Å². The maximum atomic E-state index is 3.00. The van der Waals surface area contributed by atoms with Gasteiger partial charge in [-0.25, -0.2) is 0 Å². The van der Waals surface area contributed by atoms with Gasteiger partial charge in [-0.05, 0) is 53.1 Å². The van der Waals surface area contributed by atoms with Crippen molar-refractivity contribution in [3.63, 3.8) is 0 Å². The number of hydrogen-bond acceptors (Lipinski definition) is 0. The normalized spacial score (nSPS) is 8.95. The topological polar surface area (TPSA) is 0 Å². The number of rotatable bonds is 0. The van der Waals surface area contributed by atoms with Gasteiger partial charge in [0.05, 0.1) is 0 Å². The van der Waals surface area contributed by atoms with Gasteiger partial charge in [-0.15, -0.1) is 37.1 Å². The molecule has 0 nitrogen and oxygen atoms in total. The van der Waals surface area contributed by atoms with E-state index in [1.54, 1.807) is 0 Å². The third-order valence-electron chi connectivity index (χ3n) is 3.21. The van der Waals surface area contributed by atoms with E-state index in [9.17, 15) is 0 Å². The van der Waals surface area contributed by atoms with E-state index < -0.39 is 0 Å². The monoisotopic (exact) mass is 392 g/mol. The van der Waals surface area contributed by atoms with E-state index in [4.69, 9.17) is 0 Å². The van der Waals surface area contributed by atoms with Gasteiger partial charge < -0.3 is 0 Å². The molecule has 3 aromatic carbocycles. The second-order valence-corrected chi connectivity index (χ2v) is 4.50. The zero-order valence-electron chi connectivity index (χ0n) is 13.4. The lowest BCUT2D eigenvalue weighted by Crippen LogP contribution is -1.80. The minimum Gasteiger partial charge on any atom is -0.107 e. The number of benzene rings is 3. The summed E-state index contributed by atoms with van der Waals surface area (Å²) in [6, 6.07) is 17.7. The number of aryl methyl sites for hydroxylation is 2. The molecular formula is C20H25I. The summed E-state index contributed by atoms with van der Waals surface area (Å²) in [7, 11) is 0. The highest BCUT2D eigenvalue weighted by molar-refractivity contribution is 14.0. The zero-order chi connectivity index (χ0) is 15.1. The van der Waals surface area contributed by atoms with Crippen LogP contribution in [0.15, 0.2) is 61.7 Å². The maximum Gasteiger partial charge on any atom is -0.0148 e. The average molecular weight is 392 g/mol. The zero-order valence-corrected chi connectivity index (χ0v) is 15.8. The molecule has 0 N–H and O–H groups in total. The van der Waals surface area contributed by atoms with Crippen LogP contribution in [0.2, 0.25) is 0 Å². The standard InChI is InChI=1S/C16H14.C2H6.C2H4.HI/c1-11-6-7-13-9-14-5-3-4-12(2)16(14)10-15(13)8-11;2*1-2;/h3-10H,1-2H3;1-2H3;1-2H2;1H. The van der Waals surface area contributed by atoms with E-state index in [1.807, 2.05) is 13.8 Å². The van der Waals surface area contributed by atoms with Crippen molar-refractivity contribution in [2.45, 2.75) is 27.7 Å². The average Bonchev–Trinajstić information content (AvgIpc) is 2.50. The number of hydrogen-bond donors (Lipinski definition) is 0. The first-order chi connectivity index (χ1) is 9.74. The molecule has 0 heterocycles. The molecule has 0 atom stereocenters. The summed E-state index contributed by atoms with van der Waals surface area (Å²) >= 11 is 0. The van der Waals surface area contributed by atoms with Crippen LogP contribution in [0.5, 0.6) is 0 Å². The smallest absolute Gasteiger partial charge is 0.0148 e. The van der Waals surface area contributed by atoms with Crippen molar-refractivity contribution in [1.82, 2.24) is 0 Å². The molecule has 0 unspecified atom stereocenters. The Hall–Kier alpha value is -1.35. The first-order valence-corrected chi connectivity index (χ1v) is 7.14. The summed E-state index contributed by atoms with van der Waals surface area (Å²) in [5.41, 5.74) is 2.67. The molecule has 0 bridgehead atoms. The Morgan fingerprint density at radius 3 is 2.05 bits per heavy atom. The number of halogens is 1. The fourth-order valence-electron chi connectivity index (χ4n) is 2.30. The van der Waals surface area contributed by atoms with Crippen molar-refractivity contribution >= 4 is 45.5 Å². The molecule has 0 saturated heterocycles. The van der Waals surface area contributed by atoms with Gasteiger partial charge in [0.1, 0.15) is 0 Å². The summed E-state index contributed by atoms with van der Waals surface area (Å²) in [4.78, 5) is 0. The summed E-state index contributed by atoms with van der Waals surface area (Å²) in [6.45, 7) is 14.3. The summed E-state index contributed by atoms with van der Waals surface area (Å²) in [5, 5.41) is 5.35. The van der Waals surface area contributed by atoms with Gasteiger partial charge >= 0.3 is 0 Å². The van der Waals surface area contributed by atoms with E-state index in [0.29, 0.717) is 0 Å². The third-order valence-corrected chi connectivity index (χ3v) is 3.21. The Morgan fingerprint density at radius 1 is 0.714 bits per heavy atom. The highest BCUT2D eigenvalue weighted by Gasteiger charge is 2.00. The first kappa shape index (κ1) is 19.7. The molecule has 112 valence electrons. The SMILES string of the molecule is C=C.CC.Cc1ccc2cc3cccc(C)c3cc2c1.I. The quantitative estimate of drug-likeness (QED) is 0.218. The Morgan fingerprint density at radius 2 is 1.38 bits per heavy atom. The Labute approximate surface area is 145 Å². The largest absolute Gasteiger partial charge is 0.107 e. The highest BCUT2D eigenvalue weighted by atomic mass is 127. The van der Waals surface area contributed by atoms with Crippen LogP contribution in [-0.2, 0) is 0 Å². The summed E-state index contributed by atoms with van der Waals surface area (Å²) < 4.78 is 0. The van der Waals surface area contributed by atoms with Crippen LogP contribution < -0.4 is 0 Å². The fourth-order valence-corrected chi connectivity index (χ4v) is 2.30. The number of fused-ring (bicyclic) bond motifs is 2. The van der Waals surface area contributed by atoms with E-state index in [1.165, 1.54) is 32.7 Å². The highest BCUT2D eigenvalue weighted by Crippen LogP contribution is 2.25. The van der Waals surface area contributed by atoms with Crippen molar-refractivity contribution in [3.05, 3.63) is 72.8 Å². The van der Waals surface area contributed by atoms with E-state index in [-0.39, 0.29) is 24.0 Å². The van der Waals surface area contributed by atoms with Crippen LogP contribution in [-0.4, -0.2) is 0 Å². The lowest BCUT2D eigenvalue weighted by molar-refractivity contribution is 1.50. The molecule has 0 amide bonds. The van der Waals surface area contributed by atoms with Gasteiger partial charge in [-0.1, -0.05) is 55.8 Å². The van der Waals surface area contributed by atoms with Crippen molar-refractivity contribution in [2.24, 2.45) is 0 Å². The molecule has 0 aliphatic heterocycles. The van der Waals surface area contributed by atoms with Crippen molar-refractivity contribution in [2.75, 3.05) is 0 Å². The van der Waals surface area contributed by atoms with Crippen LogP contribution in [0, 0.1) is 13.8 Å². The van der Waals surface area contributed by atoms with E-state index in [2.05, 4.69) is 75.5 Å². The molecule has 0 radical (unpaired) electrons. The Bertz CT molecular complexity index is 699. The van der Waals surface area contributed by atoms with Crippen LogP contribution in [0.1, 0.15) is 25.0 Å². The minimum atomic E-state index is 0. The molecular weight excluding hydrogens is 367 g/mol. The van der Waals surface area contributed by atoms with Gasteiger partial charge in [0, 0.05) is 0 Å². The van der Waals surface area contributed by atoms with Gasteiger partial charge in [-0.2, -0.15) is 0 Å². The molecule has 3 rings (SSSR count).